The number of carbonyl (C=O) groups is 1. The van der Waals surface area contributed by atoms with E-state index in [0.29, 0.717) is 6.42 Å². The van der Waals surface area contributed by atoms with Crippen LogP contribution in [0.1, 0.15) is 19.8 Å². The van der Waals surface area contributed by atoms with Gasteiger partial charge in [0.2, 0.25) is 0 Å². The van der Waals surface area contributed by atoms with E-state index in [1.807, 2.05) is 29.5 Å². The molecular formula is C11H13FINO2. The van der Waals surface area contributed by atoms with Crippen LogP contribution in [-0.4, -0.2) is 17.1 Å². The highest BCUT2D eigenvalue weighted by atomic mass is 127. The lowest BCUT2D eigenvalue weighted by Gasteiger charge is -2.15. The van der Waals surface area contributed by atoms with Gasteiger partial charge in [-0.2, -0.15) is 0 Å². The lowest BCUT2D eigenvalue weighted by molar-refractivity contribution is -0.137. The van der Waals surface area contributed by atoms with Gasteiger partial charge in [-0.05, 0) is 54.1 Å². The summed E-state index contributed by atoms with van der Waals surface area (Å²) in [6.07, 6.45) is 0.675. The van der Waals surface area contributed by atoms with E-state index in [4.69, 9.17) is 5.11 Å². The first-order chi connectivity index (χ1) is 7.49. The SMILES string of the molecule is CC(CCC(=O)O)Nc1ccc(F)cc1I. The smallest absolute Gasteiger partial charge is 0.303 e. The van der Waals surface area contributed by atoms with E-state index in [1.54, 1.807) is 6.07 Å². The Kier molecular flexibility index (Phi) is 4.98. The van der Waals surface area contributed by atoms with Crippen LogP contribution in [0.4, 0.5) is 10.1 Å². The van der Waals surface area contributed by atoms with Crippen molar-refractivity contribution in [2.45, 2.75) is 25.8 Å². The third kappa shape index (κ3) is 4.34. The van der Waals surface area contributed by atoms with Crippen LogP contribution in [0.25, 0.3) is 0 Å². The highest BCUT2D eigenvalue weighted by molar-refractivity contribution is 14.1. The molecule has 0 fully saturated rings. The Labute approximate surface area is 107 Å². The number of hydrogen-bond acceptors (Lipinski definition) is 2. The Morgan fingerprint density at radius 3 is 2.88 bits per heavy atom. The van der Waals surface area contributed by atoms with Gasteiger partial charge in [0.1, 0.15) is 5.82 Å². The molecule has 0 aliphatic rings. The topological polar surface area (TPSA) is 49.3 Å². The summed E-state index contributed by atoms with van der Waals surface area (Å²) in [5.74, 6) is -1.07. The van der Waals surface area contributed by atoms with Crippen LogP contribution in [0.2, 0.25) is 0 Å². The Morgan fingerprint density at radius 1 is 1.62 bits per heavy atom. The fourth-order valence-electron chi connectivity index (χ4n) is 1.28. The molecule has 88 valence electrons. The molecule has 16 heavy (non-hydrogen) atoms. The number of nitrogens with one attached hydrogen (secondary N) is 1. The van der Waals surface area contributed by atoms with Crippen molar-refractivity contribution in [1.29, 1.82) is 0 Å². The first kappa shape index (κ1) is 13.2. The maximum atomic E-state index is 12.8. The number of halogens is 2. The maximum absolute atomic E-state index is 12.8. The fourth-order valence-corrected chi connectivity index (χ4v) is 1.92. The third-order valence-electron chi connectivity index (χ3n) is 2.12. The standard InChI is InChI=1S/C11H13FINO2/c1-7(2-5-11(15)16)14-10-4-3-8(12)6-9(10)13/h3-4,6-7,14H,2,5H2,1H3,(H,15,16). The minimum absolute atomic E-state index is 0.0510. The molecule has 0 heterocycles. The van der Waals surface area contributed by atoms with Crippen molar-refractivity contribution in [3.8, 4) is 0 Å². The van der Waals surface area contributed by atoms with E-state index in [1.165, 1.54) is 12.1 Å². The molecule has 0 amide bonds. The number of carboxylic acids is 1. The van der Waals surface area contributed by atoms with Crippen LogP contribution in [0.15, 0.2) is 18.2 Å². The van der Waals surface area contributed by atoms with Crippen LogP contribution in [0.5, 0.6) is 0 Å². The lowest BCUT2D eigenvalue weighted by Crippen LogP contribution is -2.17. The number of anilines is 1. The predicted octanol–water partition coefficient (Wildman–Crippen LogP) is 3.10. The lowest BCUT2D eigenvalue weighted by atomic mass is 10.1. The molecule has 3 nitrogen and oxygen atoms in total. The zero-order valence-corrected chi connectivity index (χ0v) is 11.0. The molecular weight excluding hydrogens is 324 g/mol. The Hall–Kier alpha value is -0.850. The molecule has 5 heteroatoms. The molecule has 1 unspecified atom stereocenters. The molecule has 1 rings (SSSR count). The number of hydrogen-bond donors (Lipinski definition) is 2. The molecule has 0 aliphatic heterocycles. The molecule has 0 radical (unpaired) electrons. The zero-order chi connectivity index (χ0) is 12.1. The monoisotopic (exact) mass is 337 g/mol. The van der Waals surface area contributed by atoms with Crippen molar-refractivity contribution in [1.82, 2.24) is 0 Å². The highest BCUT2D eigenvalue weighted by Gasteiger charge is 2.07. The second-order valence-corrected chi connectivity index (χ2v) is 4.76. The van der Waals surface area contributed by atoms with Crippen LogP contribution < -0.4 is 5.32 Å². The van der Waals surface area contributed by atoms with Gasteiger partial charge in [0, 0.05) is 21.7 Å². The van der Waals surface area contributed by atoms with Crippen molar-refractivity contribution < 1.29 is 14.3 Å². The molecule has 0 aliphatic carbocycles. The third-order valence-corrected chi connectivity index (χ3v) is 3.02. The summed E-state index contributed by atoms with van der Waals surface area (Å²) in [4.78, 5) is 10.4. The van der Waals surface area contributed by atoms with Crippen molar-refractivity contribution >= 4 is 34.2 Å². The summed E-state index contributed by atoms with van der Waals surface area (Å²) >= 11 is 2.04. The molecule has 0 saturated heterocycles. The molecule has 1 aromatic rings. The van der Waals surface area contributed by atoms with Gasteiger partial charge in [-0.25, -0.2) is 4.39 Å². The minimum Gasteiger partial charge on any atom is -0.481 e. The molecule has 1 aromatic carbocycles. The van der Waals surface area contributed by atoms with Gasteiger partial charge in [0.05, 0.1) is 0 Å². The van der Waals surface area contributed by atoms with E-state index in [2.05, 4.69) is 5.32 Å². The maximum Gasteiger partial charge on any atom is 0.303 e. The van der Waals surface area contributed by atoms with Crippen LogP contribution in [0.3, 0.4) is 0 Å². The second kappa shape index (κ2) is 6.03. The molecule has 0 saturated carbocycles. The van der Waals surface area contributed by atoms with Gasteiger partial charge in [0.15, 0.2) is 0 Å². The van der Waals surface area contributed by atoms with E-state index in [9.17, 15) is 9.18 Å². The number of carboxylic acid groups (broad SMARTS) is 1. The van der Waals surface area contributed by atoms with E-state index < -0.39 is 5.97 Å². The predicted molar refractivity (Wildman–Crippen MR) is 69.1 cm³/mol. The first-order valence-electron chi connectivity index (χ1n) is 4.92. The first-order valence-corrected chi connectivity index (χ1v) is 6.00. The Bertz CT molecular complexity index is 384. The van der Waals surface area contributed by atoms with Gasteiger partial charge in [0.25, 0.3) is 0 Å². The largest absolute Gasteiger partial charge is 0.481 e. The summed E-state index contributed by atoms with van der Waals surface area (Å²) in [6.45, 7) is 1.91. The zero-order valence-electron chi connectivity index (χ0n) is 8.84. The van der Waals surface area contributed by atoms with Crippen LogP contribution >= 0.6 is 22.6 Å². The van der Waals surface area contributed by atoms with E-state index in [0.717, 1.165) is 9.26 Å². The highest BCUT2D eigenvalue weighted by Crippen LogP contribution is 2.20. The van der Waals surface area contributed by atoms with Crippen molar-refractivity contribution in [3.63, 3.8) is 0 Å². The van der Waals surface area contributed by atoms with Gasteiger partial charge < -0.3 is 10.4 Å². The normalized spacial score (nSPS) is 12.2. The van der Waals surface area contributed by atoms with Crippen molar-refractivity contribution in [2.24, 2.45) is 0 Å². The summed E-state index contributed by atoms with van der Waals surface area (Å²) in [7, 11) is 0. The van der Waals surface area contributed by atoms with Gasteiger partial charge in [-0.3, -0.25) is 4.79 Å². The summed E-state index contributed by atoms with van der Waals surface area (Å²) < 4.78 is 13.6. The average molecular weight is 337 g/mol. The molecule has 2 N–H and O–H groups in total. The van der Waals surface area contributed by atoms with E-state index >= 15 is 0 Å². The minimum atomic E-state index is -0.803. The van der Waals surface area contributed by atoms with Gasteiger partial charge in [-0.1, -0.05) is 0 Å². The number of rotatable bonds is 5. The summed E-state index contributed by atoms with van der Waals surface area (Å²) in [5, 5.41) is 11.7. The average Bonchev–Trinajstić information content (AvgIpc) is 2.19. The quantitative estimate of drug-likeness (QED) is 0.812. The molecule has 0 bridgehead atoms. The Balaban J connectivity index is 2.55. The number of benzene rings is 1. The van der Waals surface area contributed by atoms with Gasteiger partial charge >= 0.3 is 5.97 Å². The van der Waals surface area contributed by atoms with E-state index in [-0.39, 0.29) is 18.3 Å². The van der Waals surface area contributed by atoms with Gasteiger partial charge in [-0.15, -0.1) is 0 Å². The number of aliphatic carboxylic acids is 1. The van der Waals surface area contributed by atoms with Crippen molar-refractivity contribution in [2.75, 3.05) is 5.32 Å². The second-order valence-electron chi connectivity index (χ2n) is 3.60. The van der Waals surface area contributed by atoms with Crippen LogP contribution in [-0.2, 0) is 4.79 Å². The molecule has 0 aromatic heterocycles. The van der Waals surface area contributed by atoms with Crippen molar-refractivity contribution in [3.05, 3.63) is 27.6 Å². The van der Waals surface area contributed by atoms with Crippen LogP contribution in [0, 0.1) is 9.39 Å². The molecule has 0 spiro atoms. The Morgan fingerprint density at radius 2 is 2.31 bits per heavy atom. The summed E-state index contributed by atoms with van der Waals surface area (Å²) in [5.41, 5.74) is 0.833. The fraction of sp³-hybridized carbons (Fsp3) is 0.364. The molecule has 1 atom stereocenters. The summed E-state index contributed by atoms with van der Waals surface area (Å²) in [6, 6.07) is 4.53.